The summed E-state index contributed by atoms with van der Waals surface area (Å²) in [6, 6.07) is 8.45. The van der Waals surface area contributed by atoms with Gasteiger partial charge in [0.15, 0.2) is 0 Å². The van der Waals surface area contributed by atoms with Crippen LogP contribution in [0.25, 0.3) is 0 Å². The molecule has 1 aliphatic rings. The minimum Gasteiger partial charge on any atom is -0.478 e. The molecule has 0 amide bonds. The van der Waals surface area contributed by atoms with Gasteiger partial charge in [-0.25, -0.2) is 14.8 Å². The fraction of sp³-hybridized carbons (Fsp3) is 0.312. The van der Waals surface area contributed by atoms with Crippen molar-refractivity contribution in [2.45, 2.75) is 32.1 Å². The van der Waals surface area contributed by atoms with Crippen molar-refractivity contribution in [1.29, 1.82) is 0 Å². The van der Waals surface area contributed by atoms with Crippen molar-refractivity contribution in [3.05, 3.63) is 58.7 Å². The number of aromatic carboxylic acids is 1. The summed E-state index contributed by atoms with van der Waals surface area (Å²) in [5.74, 6) is 0.0801. The first-order valence-electron chi connectivity index (χ1n) is 6.79. The van der Waals surface area contributed by atoms with Crippen molar-refractivity contribution in [2.75, 3.05) is 0 Å². The van der Waals surface area contributed by atoms with Crippen LogP contribution in [0, 0.1) is 6.92 Å². The van der Waals surface area contributed by atoms with Crippen LogP contribution in [0.4, 0.5) is 0 Å². The zero-order valence-corrected chi connectivity index (χ0v) is 11.3. The van der Waals surface area contributed by atoms with Crippen molar-refractivity contribution in [1.82, 2.24) is 9.97 Å². The van der Waals surface area contributed by atoms with E-state index in [4.69, 9.17) is 5.11 Å². The van der Waals surface area contributed by atoms with Gasteiger partial charge >= 0.3 is 5.97 Å². The molecule has 0 spiro atoms. The lowest BCUT2D eigenvalue weighted by Crippen LogP contribution is -2.16. The van der Waals surface area contributed by atoms with Crippen molar-refractivity contribution >= 4 is 5.97 Å². The number of rotatable bonds is 2. The van der Waals surface area contributed by atoms with Crippen LogP contribution in [-0.4, -0.2) is 21.0 Å². The second-order valence-corrected chi connectivity index (χ2v) is 5.24. The monoisotopic (exact) mass is 268 g/mol. The molecule has 0 bridgehead atoms. The highest BCUT2D eigenvalue weighted by atomic mass is 16.4. The molecule has 1 aliphatic carbocycles. The minimum atomic E-state index is -0.969. The number of carbonyl (C=O) groups is 1. The predicted octanol–water partition coefficient (Wildman–Crippen LogP) is 2.76. The highest BCUT2D eigenvalue weighted by Crippen LogP contribution is 2.30. The Morgan fingerprint density at radius 2 is 2.05 bits per heavy atom. The van der Waals surface area contributed by atoms with E-state index in [0.717, 1.165) is 25.1 Å². The molecular formula is C16H16N2O2. The molecule has 1 N–H and O–H groups in total. The Kier molecular flexibility index (Phi) is 3.22. The number of hydrogen-bond acceptors (Lipinski definition) is 3. The first kappa shape index (κ1) is 12.8. The number of fused-ring (bicyclic) bond motifs is 1. The maximum Gasteiger partial charge on any atom is 0.339 e. The van der Waals surface area contributed by atoms with E-state index in [-0.39, 0.29) is 11.5 Å². The van der Waals surface area contributed by atoms with Crippen LogP contribution in [0.5, 0.6) is 0 Å². The highest BCUT2D eigenvalue weighted by Gasteiger charge is 2.23. The molecule has 1 unspecified atom stereocenters. The molecule has 1 aromatic carbocycles. The van der Waals surface area contributed by atoms with Gasteiger partial charge in [0.2, 0.25) is 0 Å². The van der Waals surface area contributed by atoms with Crippen LogP contribution >= 0.6 is 0 Å². The number of carboxylic acids is 1. The average molecular weight is 268 g/mol. The summed E-state index contributed by atoms with van der Waals surface area (Å²) in [6.07, 6.45) is 4.41. The smallest absolute Gasteiger partial charge is 0.339 e. The first-order valence-corrected chi connectivity index (χ1v) is 6.79. The molecular weight excluding hydrogens is 252 g/mol. The molecule has 102 valence electrons. The highest BCUT2D eigenvalue weighted by molar-refractivity contribution is 5.88. The van der Waals surface area contributed by atoms with Crippen LogP contribution in [0.1, 0.15) is 45.3 Å². The van der Waals surface area contributed by atoms with Crippen molar-refractivity contribution in [2.24, 2.45) is 0 Å². The van der Waals surface area contributed by atoms with E-state index in [2.05, 4.69) is 34.2 Å². The van der Waals surface area contributed by atoms with Gasteiger partial charge in [0.1, 0.15) is 5.82 Å². The Labute approximate surface area is 117 Å². The van der Waals surface area contributed by atoms with Gasteiger partial charge in [-0.2, -0.15) is 0 Å². The number of carboxylic acid groups (broad SMARTS) is 1. The lowest BCUT2D eigenvalue weighted by molar-refractivity contribution is 0.0695. The van der Waals surface area contributed by atoms with Crippen molar-refractivity contribution in [3.8, 4) is 0 Å². The molecule has 0 radical (unpaired) electrons. The van der Waals surface area contributed by atoms with Gasteiger partial charge in [-0.05, 0) is 37.3 Å². The Morgan fingerprint density at radius 1 is 1.30 bits per heavy atom. The summed E-state index contributed by atoms with van der Waals surface area (Å²) >= 11 is 0. The Balaban J connectivity index is 1.88. The first-order chi connectivity index (χ1) is 9.65. The fourth-order valence-electron chi connectivity index (χ4n) is 2.81. The minimum absolute atomic E-state index is 0.185. The number of benzene rings is 1. The Morgan fingerprint density at radius 3 is 2.75 bits per heavy atom. The molecule has 1 atom stereocenters. The maximum absolute atomic E-state index is 11.0. The molecule has 0 saturated carbocycles. The number of aryl methyl sites for hydroxylation is 2. The molecule has 4 heteroatoms. The third-order valence-corrected chi connectivity index (χ3v) is 3.94. The van der Waals surface area contributed by atoms with E-state index in [1.807, 2.05) is 0 Å². The zero-order chi connectivity index (χ0) is 14.1. The summed E-state index contributed by atoms with van der Waals surface area (Å²) in [5, 5.41) is 9.02. The van der Waals surface area contributed by atoms with E-state index in [0.29, 0.717) is 5.69 Å². The number of hydrogen-bond donors (Lipinski definition) is 1. The second kappa shape index (κ2) is 5.04. The van der Waals surface area contributed by atoms with E-state index in [1.165, 1.54) is 17.3 Å². The molecule has 2 aromatic rings. The van der Waals surface area contributed by atoms with Gasteiger partial charge in [0, 0.05) is 12.1 Å². The van der Waals surface area contributed by atoms with Crippen LogP contribution in [0.2, 0.25) is 0 Å². The SMILES string of the molecule is Cc1nc(C2CCc3ccccc3C2)ncc1C(=O)O. The predicted molar refractivity (Wildman–Crippen MR) is 74.9 cm³/mol. The summed E-state index contributed by atoms with van der Waals surface area (Å²) in [5.41, 5.74) is 3.49. The normalized spacial score (nSPS) is 17.6. The summed E-state index contributed by atoms with van der Waals surface area (Å²) < 4.78 is 0. The standard InChI is InChI=1S/C16H16N2O2/c1-10-14(16(19)20)9-17-15(18-10)13-7-6-11-4-2-3-5-12(11)8-13/h2-5,9,13H,6-8H2,1H3,(H,19,20). The third-order valence-electron chi connectivity index (χ3n) is 3.94. The van der Waals surface area contributed by atoms with Gasteiger partial charge < -0.3 is 5.11 Å². The maximum atomic E-state index is 11.0. The zero-order valence-electron chi connectivity index (χ0n) is 11.3. The molecule has 0 saturated heterocycles. The van der Waals surface area contributed by atoms with Gasteiger partial charge in [0.05, 0.1) is 11.3 Å². The molecule has 1 aromatic heterocycles. The van der Waals surface area contributed by atoms with Crippen LogP contribution in [0.3, 0.4) is 0 Å². The van der Waals surface area contributed by atoms with Gasteiger partial charge in [-0.15, -0.1) is 0 Å². The second-order valence-electron chi connectivity index (χ2n) is 5.24. The molecule has 0 fully saturated rings. The van der Waals surface area contributed by atoms with Crippen LogP contribution in [-0.2, 0) is 12.8 Å². The molecule has 3 rings (SSSR count). The summed E-state index contributed by atoms with van der Waals surface area (Å²) in [7, 11) is 0. The Hall–Kier alpha value is -2.23. The van der Waals surface area contributed by atoms with E-state index in [1.54, 1.807) is 6.92 Å². The summed E-state index contributed by atoms with van der Waals surface area (Å²) in [4.78, 5) is 19.7. The fourth-order valence-corrected chi connectivity index (χ4v) is 2.81. The van der Waals surface area contributed by atoms with E-state index >= 15 is 0 Å². The number of nitrogens with zero attached hydrogens (tertiary/aromatic N) is 2. The Bertz CT molecular complexity index is 667. The van der Waals surface area contributed by atoms with Crippen LogP contribution < -0.4 is 0 Å². The topological polar surface area (TPSA) is 63.1 Å². The third kappa shape index (κ3) is 2.29. The molecule has 20 heavy (non-hydrogen) atoms. The van der Waals surface area contributed by atoms with E-state index in [9.17, 15) is 4.79 Å². The molecule has 1 heterocycles. The summed E-state index contributed by atoms with van der Waals surface area (Å²) in [6.45, 7) is 1.73. The van der Waals surface area contributed by atoms with Gasteiger partial charge in [-0.3, -0.25) is 0 Å². The van der Waals surface area contributed by atoms with Crippen LogP contribution in [0.15, 0.2) is 30.5 Å². The van der Waals surface area contributed by atoms with Crippen molar-refractivity contribution < 1.29 is 9.90 Å². The largest absolute Gasteiger partial charge is 0.478 e. The van der Waals surface area contributed by atoms with Gasteiger partial charge in [0.25, 0.3) is 0 Å². The lowest BCUT2D eigenvalue weighted by atomic mass is 9.83. The van der Waals surface area contributed by atoms with E-state index < -0.39 is 5.97 Å². The lowest BCUT2D eigenvalue weighted by Gasteiger charge is -2.23. The van der Waals surface area contributed by atoms with Crippen molar-refractivity contribution in [3.63, 3.8) is 0 Å². The van der Waals surface area contributed by atoms with Gasteiger partial charge in [-0.1, -0.05) is 24.3 Å². The quantitative estimate of drug-likeness (QED) is 0.909. The molecule has 4 nitrogen and oxygen atoms in total. The average Bonchev–Trinajstić information content (AvgIpc) is 2.46. The number of aromatic nitrogens is 2. The molecule has 0 aliphatic heterocycles.